The Hall–Kier alpha value is -2.57. The number of nitrogens with zero attached hydrogens (tertiary/aromatic N) is 1. The SMILES string of the molecule is CCN(C)C(=O)CNC(=O)Nc1cccc(C)c1C(=O)O. The summed E-state index contributed by atoms with van der Waals surface area (Å²) in [5.41, 5.74) is 0.767. The fraction of sp³-hybridized carbons (Fsp3) is 0.357. The van der Waals surface area contributed by atoms with Gasteiger partial charge >= 0.3 is 12.0 Å². The molecule has 3 amide bonds. The van der Waals surface area contributed by atoms with Crippen LogP contribution >= 0.6 is 0 Å². The number of likely N-dealkylation sites (N-methyl/N-ethyl adjacent to an activating group) is 1. The lowest BCUT2D eigenvalue weighted by atomic mass is 10.1. The Kier molecular flexibility index (Phi) is 5.71. The maximum absolute atomic E-state index is 11.7. The number of amides is 3. The molecule has 114 valence electrons. The number of hydrogen-bond acceptors (Lipinski definition) is 3. The number of hydrogen-bond donors (Lipinski definition) is 3. The van der Waals surface area contributed by atoms with Gasteiger partial charge in [-0.15, -0.1) is 0 Å². The van der Waals surface area contributed by atoms with Crippen LogP contribution in [0.2, 0.25) is 0 Å². The molecule has 0 bridgehead atoms. The average molecular weight is 293 g/mol. The first-order valence-electron chi connectivity index (χ1n) is 6.48. The van der Waals surface area contributed by atoms with Gasteiger partial charge in [-0.2, -0.15) is 0 Å². The molecule has 3 N–H and O–H groups in total. The van der Waals surface area contributed by atoms with Crippen LogP contribution in [0.5, 0.6) is 0 Å². The molecule has 1 rings (SSSR count). The Balaban J connectivity index is 2.70. The Morgan fingerprint density at radius 1 is 1.29 bits per heavy atom. The largest absolute Gasteiger partial charge is 0.478 e. The Morgan fingerprint density at radius 3 is 2.52 bits per heavy atom. The van der Waals surface area contributed by atoms with Crippen molar-refractivity contribution in [1.29, 1.82) is 0 Å². The number of rotatable bonds is 5. The zero-order valence-corrected chi connectivity index (χ0v) is 12.3. The maximum atomic E-state index is 11.7. The smallest absolute Gasteiger partial charge is 0.338 e. The number of carboxylic acids is 1. The first-order chi connectivity index (χ1) is 9.86. The summed E-state index contributed by atoms with van der Waals surface area (Å²) in [4.78, 5) is 35.9. The standard InChI is InChI=1S/C14H19N3O4/c1-4-17(3)11(18)8-15-14(21)16-10-7-5-6-9(2)12(10)13(19)20/h5-7H,4,8H2,1-3H3,(H,19,20)(H2,15,16,21). The highest BCUT2D eigenvalue weighted by Crippen LogP contribution is 2.19. The molecule has 0 fully saturated rings. The number of carbonyl (C=O) groups is 3. The van der Waals surface area contributed by atoms with Gasteiger partial charge in [-0.25, -0.2) is 9.59 Å². The highest BCUT2D eigenvalue weighted by atomic mass is 16.4. The number of aromatic carboxylic acids is 1. The van der Waals surface area contributed by atoms with Crippen LogP contribution in [0.4, 0.5) is 10.5 Å². The molecule has 7 nitrogen and oxygen atoms in total. The molecule has 0 heterocycles. The van der Waals surface area contributed by atoms with E-state index in [9.17, 15) is 14.4 Å². The second kappa shape index (κ2) is 7.28. The predicted molar refractivity (Wildman–Crippen MR) is 78.5 cm³/mol. The first kappa shape index (κ1) is 16.5. The third kappa shape index (κ3) is 4.48. The van der Waals surface area contributed by atoms with E-state index in [1.165, 1.54) is 11.0 Å². The summed E-state index contributed by atoms with van der Waals surface area (Å²) in [5, 5.41) is 14.0. The van der Waals surface area contributed by atoms with Crippen LogP contribution in [-0.4, -0.2) is 48.1 Å². The molecule has 0 aliphatic rings. The molecule has 0 saturated heterocycles. The van der Waals surface area contributed by atoms with Gasteiger partial charge in [0.1, 0.15) is 0 Å². The lowest BCUT2D eigenvalue weighted by Gasteiger charge is -2.15. The summed E-state index contributed by atoms with van der Waals surface area (Å²) in [5.74, 6) is -1.35. The molecule has 0 aliphatic carbocycles. The van der Waals surface area contributed by atoms with E-state index in [1.807, 2.05) is 6.92 Å². The molecule has 7 heteroatoms. The lowest BCUT2D eigenvalue weighted by molar-refractivity contribution is -0.128. The zero-order valence-electron chi connectivity index (χ0n) is 12.3. The molecule has 0 atom stereocenters. The van der Waals surface area contributed by atoms with Crippen molar-refractivity contribution in [2.24, 2.45) is 0 Å². The molecule has 0 spiro atoms. The van der Waals surface area contributed by atoms with E-state index in [-0.39, 0.29) is 23.7 Å². The number of anilines is 1. The van der Waals surface area contributed by atoms with E-state index >= 15 is 0 Å². The Bertz CT molecular complexity index is 557. The van der Waals surface area contributed by atoms with Gasteiger partial charge < -0.3 is 20.6 Å². The quantitative estimate of drug-likeness (QED) is 0.762. The van der Waals surface area contributed by atoms with E-state index < -0.39 is 12.0 Å². The molecular formula is C14H19N3O4. The van der Waals surface area contributed by atoms with Crippen molar-refractivity contribution in [3.63, 3.8) is 0 Å². The fourth-order valence-corrected chi connectivity index (χ4v) is 1.69. The van der Waals surface area contributed by atoms with Crippen molar-refractivity contribution in [2.75, 3.05) is 25.5 Å². The van der Waals surface area contributed by atoms with Crippen LogP contribution in [0, 0.1) is 6.92 Å². The van der Waals surface area contributed by atoms with E-state index in [1.54, 1.807) is 26.1 Å². The van der Waals surface area contributed by atoms with Crippen LogP contribution in [-0.2, 0) is 4.79 Å². The van der Waals surface area contributed by atoms with E-state index in [2.05, 4.69) is 10.6 Å². The number of nitrogens with one attached hydrogen (secondary N) is 2. The topological polar surface area (TPSA) is 98.7 Å². The minimum absolute atomic E-state index is 0.0321. The van der Waals surface area contributed by atoms with Crippen LogP contribution < -0.4 is 10.6 Å². The lowest BCUT2D eigenvalue weighted by Crippen LogP contribution is -2.39. The second-order valence-electron chi connectivity index (χ2n) is 4.52. The van der Waals surface area contributed by atoms with Crippen molar-refractivity contribution in [1.82, 2.24) is 10.2 Å². The number of carbonyl (C=O) groups excluding carboxylic acids is 2. The monoisotopic (exact) mass is 293 g/mol. The molecule has 0 saturated carbocycles. The van der Waals surface area contributed by atoms with E-state index in [0.717, 1.165) is 0 Å². The zero-order chi connectivity index (χ0) is 16.0. The Morgan fingerprint density at radius 2 is 1.95 bits per heavy atom. The highest BCUT2D eigenvalue weighted by Gasteiger charge is 2.15. The number of carboxylic acid groups (broad SMARTS) is 1. The summed E-state index contributed by atoms with van der Waals surface area (Å²) in [7, 11) is 1.63. The van der Waals surface area contributed by atoms with Crippen molar-refractivity contribution < 1.29 is 19.5 Å². The number of benzene rings is 1. The predicted octanol–water partition coefficient (Wildman–Crippen LogP) is 1.29. The normalized spacial score (nSPS) is 9.86. The van der Waals surface area contributed by atoms with Crippen LogP contribution in [0.3, 0.4) is 0 Å². The van der Waals surface area contributed by atoms with Gasteiger partial charge in [0.15, 0.2) is 0 Å². The highest BCUT2D eigenvalue weighted by molar-refractivity contribution is 6.01. The van der Waals surface area contributed by atoms with Gasteiger partial charge in [-0.05, 0) is 25.5 Å². The van der Waals surface area contributed by atoms with Gasteiger partial charge in [0.2, 0.25) is 5.91 Å². The van der Waals surface area contributed by atoms with Gasteiger partial charge in [-0.3, -0.25) is 4.79 Å². The van der Waals surface area contributed by atoms with Crippen LogP contribution in [0.15, 0.2) is 18.2 Å². The van der Waals surface area contributed by atoms with Crippen LogP contribution in [0.25, 0.3) is 0 Å². The van der Waals surface area contributed by atoms with Crippen molar-refractivity contribution in [2.45, 2.75) is 13.8 Å². The summed E-state index contributed by atoms with van der Waals surface area (Å²) >= 11 is 0. The van der Waals surface area contributed by atoms with E-state index in [4.69, 9.17) is 5.11 Å². The first-order valence-corrected chi connectivity index (χ1v) is 6.48. The fourth-order valence-electron chi connectivity index (χ4n) is 1.69. The van der Waals surface area contributed by atoms with Crippen molar-refractivity contribution in [3.05, 3.63) is 29.3 Å². The van der Waals surface area contributed by atoms with Gasteiger partial charge in [-0.1, -0.05) is 12.1 Å². The Labute approximate surface area is 122 Å². The van der Waals surface area contributed by atoms with Crippen molar-refractivity contribution >= 4 is 23.6 Å². The van der Waals surface area contributed by atoms with Crippen LogP contribution in [0.1, 0.15) is 22.8 Å². The summed E-state index contributed by atoms with van der Waals surface area (Å²) in [6.45, 7) is 3.86. The third-order valence-electron chi connectivity index (χ3n) is 3.04. The molecule has 0 radical (unpaired) electrons. The summed E-state index contributed by atoms with van der Waals surface area (Å²) in [6.07, 6.45) is 0. The molecule has 1 aromatic rings. The maximum Gasteiger partial charge on any atom is 0.338 e. The van der Waals surface area contributed by atoms with Gasteiger partial charge in [0.25, 0.3) is 0 Å². The molecular weight excluding hydrogens is 274 g/mol. The molecule has 21 heavy (non-hydrogen) atoms. The second-order valence-corrected chi connectivity index (χ2v) is 4.52. The molecule has 1 aromatic carbocycles. The minimum atomic E-state index is -1.12. The number of urea groups is 1. The minimum Gasteiger partial charge on any atom is -0.478 e. The summed E-state index contributed by atoms with van der Waals surface area (Å²) < 4.78 is 0. The molecule has 0 aromatic heterocycles. The molecule has 0 unspecified atom stereocenters. The van der Waals surface area contributed by atoms with E-state index in [0.29, 0.717) is 12.1 Å². The summed E-state index contributed by atoms with van der Waals surface area (Å²) in [6, 6.07) is 4.16. The average Bonchev–Trinajstić information content (AvgIpc) is 2.43. The molecule has 0 aliphatic heterocycles. The number of aryl methyl sites for hydroxylation is 1. The van der Waals surface area contributed by atoms with Crippen molar-refractivity contribution in [3.8, 4) is 0 Å². The van der Waals surface area contributed by atoms with Gasteiger partial charge in [0.05, 0.1) is 17.8 Å². The third-order valence-corrected chi connectivity index (χ3v) is 3.04. The van der Waals surface area contributed by atoms with Gasteiger partial charge in [0, 0.05) is 13.6 Å².